The largest absolute Gasteiger partial charge is 0.338 e. The van der Waals surface area contributed by atoms with Crippen molar-refractivity contribution in [2.75, 3.05) is 43.4 Å². The van der Waals surface area contributed by atoms with Crippen LogP contribution in [0, 0.1) is 5.82 Å². The Balaban J connectivity index is 1.44. The maximum Gasteiger partial charge on any atom is 0.233 e. The third-order valence-electron chi connectivity index (χ3n) is 6.12. The molecule has 5 rings (SSSR count). The minimum Gasteiger partial charge on any atom is -0.338 e. The molecular weight excluding hydrogens is 493 g/mol. The second kappa shape index (κ2) is 11.0. The Kier molecular flexibility index (Phi) is 7.34. The van der Waals surface area contributed by atoms with Gasteiger partial charge in [-0.25, -0.2) is 9.37 Å². The van der Waals surface area contributed by atoms with Crippen LogP contribution in [-0.4, -0.2) is 63.8 Å². The summed E-state index contributed by atoms with van der Waals surface area (Å²) in [6, 6.07) is 17.3. The zero-order valence-electron chi connectivity index (χ0n) is 20.2. The van der Waals surface area contributed by atoms with Crippen LogP contribution in [0.15, 0.2) is 66.9 Å². The van der Waals surface area contributed by atoms with Crippen molar-refractivity contribution in [2.45, 2.75) is 6.42 Å². The van der Waals surface area contributed by atoms with Crippen LogP contribution in [0.25, 0.3) is 11.4 Å². The number of hydrogen-bond donors (Lipinski definition) is 1. The molecule has 3 heterocycles. The van der Waals surface area contributed by atoms with E-state index in [0.717, 1.165) is 31.7 Å². The van der Waals surface area contributed by atoms with Gasteiger partial charge in [-0.3, -0.25) is 4.79 Å². The first-order valence-corrected chi connectivity index (χ1v) is 12.3. The molecule has 8 nitrogen and oxygen atoms in total. The smallest absolute Gasteiger partial charge is 0.233 e. The molecule has 1 saturated heterocycles. The van der Waals surface area contributed by atoms with E-state index in [1.54, 1.807) is 24.4 Å². The van der Waals surface area contributed by atoms with Gasteiger partial charge in [-0.2, -0.15) is 15.0 Å². The maximum absolute atomic E-state index is 13.8. The number of nitrogens with one attached hydrogen (secondary N) is 1. The topological polar surface area (TPSA) is 87.1 Å². The first kappa shape index (κ1) is 24.7. The lowest BCUT2D eigenvalue weighted by Gasteiger charge is -2.32. The highest BCUT2D eigenvalue weighted by atomic mass is 35.5. The molecule has 0 amide bonds. The number of benzene rings is 2. The number of nitrogens with zero attached hydrogens (tertiary/aromatic N) is 6. The molecule has 37 heavy (non-hydrogen) atoms. The average molecular weight is 518 g/mol. The van der Waals surface area contributed by atoms with Crippen molar-refractivity contribution < 1.29 is 9.18 Å². The van der Waals surface area contributed by atoms with E-state index >= 15 is 0 Å². The first-order valence-electron chi connectivity index (χ1n) is 11.9. The minimum absolute atomic E-state index is 0.0140. The zero-order valence-corrected chi connectivity index (χ0v) is 21.0. The molecule has 2 aromatic heterocycles. The summed E-state index contributed by atoms with van der Waals surface area (Å²) in [5.74, 6) is 1.00. The quantitative estimate of drug-likeness (QED) is 0.355. The number of piperazine rings is 1. The molecule has 1 aliphatic rings. The van der Waals surface area contributed by atoms with E-state index in [4.69, 9.17) is 11.6 Å². The summed E-state index contributed by atoms with van der Waals surface area (Å²) in [5, 5.41) is 3.10. The number of ketones is 1. The molecule has 2 aromatic carbocycles. The maximum atomic E-state index is 13.8. The third kappa shape index (κ3) is 6.07. The normalized spacial score (nSPS) is 14.0. The Morgan fingerprint density at radius 1 is 1.00 bits per heavy atom. The highest BCUT2D eigenvalue weighted by Crippen LogP contribution is 2.26. The number of pyridine rings is 1. The molecule has 0 radical (unpaired) electrons. The van der Waals surface area contributed by atoms with E-state index in [1.165, 1.54) is 12.1 Å². The number of carbonyl (C=O) groups excluding carboxylic acids is 1. The second-order valence-corrected chi connectivity index (χ2v) is 9.25. The molecular formula is C27H25ClFN7O. The van der Waals surface area contributed by atoms with Crippen molar-refractivity contribution in [3.63, 3.8) is 0 Å². The molecule has 188 valence electrons. The fraction of sp³-hybridized carbons (Fsp3) is 0.222. The van der Waals surface area contributed by atoms with Crippen LogP contribution in [-0.2, 0) is 6.42 Å². The van der Waals surface area contributed by atoms with Crippen molar-refractivity contribution >= 4 is 35.1 Å². The molecule has 0 atom stereocenters. The molecule has 1 fully saturated rings. The predicted octanol–water partition coefficient (Wildman–Crippen LogP) is 4.65. The van der Waals surface area contributed by atoms with Crippen LogP contribution < -0.4 is 10.2 Å². The lowest BCUT2D eigenvalue weighted by atomic mass is 10.0. The van der Waals surface area contributed by atoms with Crippen molar-refractivity contribution in [3.05, 3.63) is 88.8 Å². The van der Waals surface area contributed by atoms with E-state index < -0.39 is 5.82 Å². The van der Waals surface area contributed by atoms with Gasteiger partial charge in [-0.1, -0.05) is 41.9 Å². The number of likely N-dealkylation sites (N-methyl/N-ethyl adjacent to an activating group) is 1. The molecule has 0 saturated carbocycles. The summed E-state index contributed by atoms with van der Waals surface area (Å²) in [6.45, 7) is 3.26. The van der Waals surface area contributed by atoms with Gasteiger partial charge in [0.25, 0.3) is 0 Å². The molecule has 0 spiro atoms. The fourth-order valence-electron chi connectivity index (χ4n) is 4.00. The Labute approximate surface area is 219 Å². The minimum atomic E-state index is -0.515. The van der Waals surface area contributed by atoms with E-state index in [0.29, 0.717) is 35.1 Å². The van der Waals surface area contributed by atoms with Gasteiger partial charge < -0.3 is 15.1 Å². The average Bonchev–Trinajstić information content (AvgIpc) is 2.91. The molecule has 4 aromatic rings. The number of halogens is 2. The number of carbonyl (C=O) groups is 1. The van der Waals surface area contributed by atoms with Crippen LogP contribution in [0.3, 0.4) is 0 Å². The highest BCUT2D eigenvalue weighted by Gasteiger charge is 2.20. The summed E-state index contributed by atoms with van der Waals surface area (Å²) in [4.78, 5) is 35.3. The van der Waals surface area contributed by atoms with Gasteiger partial charge in [0.2, 0.25) is 11.9 Å². The van der Waals surface area contributed by atoms with Crippen LogP contribution in [0.2, 0.25) is 5.02 Å². The number of rotatable bonds is 7. The molecule has 10 heteroatoms. The Morgan fingerprint density at radius 2 is 1.78 bits per heavy atom. The van der Waals surface area contributed by atoms with E-state index in [1.807, 2.05) is 30.3 Å². The van der Waals surface area contributed by atoms with E-state index in [9.17, 15) is 9.18 Å². The first-order chi connectivity index (χ1) is 17.9. The van der Waals surface area contributed by atoms with E-state index in [2.05, 4.69) is 42.1 Å². The predicted molar refractivity (Wildman–Crippen MR) is 142 cm³/mol. The van der Waals surface area contributed by atoms with Crippen molar-refractivity contribution in [3.8, 4) is 11.4 Å². The Hall–Kier alpha value is -3.95. The SMILES string of the molecule is CN1CCN(c2nc(Nc3cc(C(=O)Cc4ccccc4)ccn3)nc(-c3ccc(F)c(Cl)c3)n2)CC1. The molecule has 1 N–H and O–H groups in total. The van der Waals surface area contributed by atoms with Crippen molar-refractivity contribution in [2.24, 2.45) is 0 Å². The molecule has 0 aliphatic carbocycles. The summed E-state index contributed by atoms with van der Waals surface area (Å²) < 4.78 is 13.8. The molecule has 0 unspecified atom stereocenters. The van der Waals surface area contributed by atoms with Crippen LogP contribution in [0.5, 0.6) is 0 Å². The summed E-state index contributed by atoms with van der Waals surface area (Å²) in [6.07, 6.45) is 1.86. The second-order valence-electron chi connectivity index (χ2n) is 8.84. The van der Waals surface area contributed by atoms with Crippen molar-refractivity contribution in [1.29, 1.82) is 0 Å². The summed E-state index contributed by atoms with van der Waals surface area (Å²) in [5.41, 5.74) is 2.03. The lowest BCUT2D eigenvalue weighted by molar-refractivity contribution is 0.0993. The monoisotopic (exact) mass is 517 g/mol. The Bertz CT molecular complexity index is 1410. The number of hydrogen-bond acceptors (Lipinski definition) is 8. The summed E-state index contributed by atoms with van der Waals surface area (Å²) in [7, 11) is 2.07. The third-order valence-corrected chi connectivity index (χ3v) is 6.41. The van der Waals surface area contributed by atoms with Gasteiger partial charge in [-0.15, -0.1) is 0 Å². The fourth-order valence-corrected chi connectivity index (χ4v) is 4.18. The number of aromatic nitrogens is 4. The van der Waals surface area contributed by atoms with Gasteiger partial charge in [0, 0.05) is 49.9 Å². The van der Waals surface area contributed by atoms with Crippen LogP contribution in [0.4, 0.5) is 22.1 Å². The van der Waals surface area contributed by atoms with Crippen molar-refractivity contribution in [1.82, 2.24) is 24.8 Å². The summed E-state index contributed by atoms with van der Waals surface area (Å²) >= 11 is 6.02. The van der Waals surface area contributed by atoms with Crippen LogP contribution >= 0.6 is 11.6 Å². The molecule has 0 bridgehead atoms. The van der Waals surface area contributed by atoms with Gasteiger partial charge in [-0.05, 0) is 42.9 Å². The molecule has 1 aliphatic heterocycles. The van der Waals surface area contributed by atoms with Gasteiger partial charge in [0.15, 0.2) is 11.6 Å². The van der Waals surface area contributed by atoms with E-state index in [-0.39, 0.29) is 16.8 Å². The number of anilines is 3. The Morgan fingerprint density at radius 3 is 2.54 bits per heavy atom. The van der Waals surface area contributed by atoms with Gasteiger partial charge in [0.1, 0.15) is 11.6 Å². The zero-order chi connectivity index (χ0) is 25.8. The van der Waals surface area contributed by atoms with Gasteiger partial charge >= 0.3 is 0 Å². The standard InChI is InChI=1S/C27H25ClFN7O/c1-35-11-13-36(14-12-35)27-33-25(20-7-8-22(29)21(28)16-20)32-26(34-27)31-24-17-19(9-10-30-24)23(37)15-18-5-3-2-4-6-18/h2-10,16-17H,11-15H2,1H3,(H,30,31,32,33,34). The lowest BCUT2D eigenvalue weighted by Crippen LogP contribution is -2.45. The number of Topliss-reactive ketones (excluding diaryl/α,β-unsaturated/α-hetero) is 1. The highest BCUT2D eigenvalue weighted by molar-refractivity contribution is 6.31. The van der Waals surface area contributed by atoms with Crippen LogP contribution in [0.1, 0.15) is 15.9 Å². The van der Waals surface area contributed by atoms with Gasteiger partial charge in [0.05, 0.1) is 5.02 Å².